The Balaban J connectivity index is 1.76. The molecule has 1 fully saturated rings. The zero-order valence-corrected chi connectivity index (χ0v) is 15.6. The summed E-state index contributed by atoms with van der Waals surface area (Å²) < 4.78 is 5.39. The highest BCUT2D eigenvalue weighted by Gasteiger charge is 2.39. The quantitative estimate of drug-likeness (QED) is 0.860. The molecule has 1 aromatic carbocycles. The molecule has 0 radical (unpaired) electrons. The summed E-state index contributed by atoms with van der Waals surface area (Å²) in [5.74, 6) is 0.0276. The van der Waals surface area contributed by atoms with Gasteiger partial charge in [-0.15, -0.1) is 11.3 Å². The molecule has 134 valence electrons. The largest absolute Gasteiger partial charge is 0.381 e. The van der Waals surface area contributed by atoms with Gasteiger partial charge in [0.05, 0.1) is 22.0 Å². The third-order valence-corrected chi connectivity index (χ3v) is 6.31. The van der Waals surface area contributed by atoms with Crippen LogP contribution in [0.2, 0.25) is 0 Å². The Morgan fingerprint density at radius 1 is 1.36 bits per heavy atom. The fourth-order valence-corrected chi connectivity index (χ4v) is 4.29. The van der Waals surface area contributed by atoms with Crippen LogP contribution in [0.4, 0.5) is 0 Å². The monoisotopic (exact) mass is 359 g/mol. The van der Waals surface area contributed by atoms with Crippen molar-refractivity contribution in [1.29, 1.82) is 0 Å². The lowest BCUT2D eigenvalue weighted by atomic mass is 9.79. The summed E-state index contributed by atoms with van der Waals surface area (Å²) in [6.45, 7) is 5.55. The van der Waals surface area contributed by atoms with Gasteiger partial charge in [-0.05, 0) is 26.7 Å². The molecule has 1 amide bonds. The number of thiazole rings is 1. The van der Waals surface area contributed by atoms with Crippen molar-refractivity contribution >= 4 is 17.2 Å². The minimum atomic E-state index is -0.507. The molecule has 25 heavy (non-hydrogen) atoms. The van der Waals surface area contributed by atoms with Crippen molar-refractivity contribution in [3.8, 4) is 10.6 Å². The first kappa shape index (κ1) is 18.0. The zero-order chi connectivity index (χ0) is 17.9. The molecule has 0 bridgehead atoms. The van der Waals surface area contributed by atoms with E-state index in [1.54, 1.807) is 11.3 Å². The predicted octanol–water partition coefficient (Wildman–Crippen LogP) is 3.05. The molecule has 0 aliphatic carbocycles. The molecular formula is C19H25N3O2S. The van der Waals surface area contributed by atoms with E-state index in [4.69, 9.17) is 10.5 Å². The van der Waals surface area contributed by atoms with Crippen LogP contribution in [0.5, 0.6) is 0 Å². The van der Waals surface area contributed by atoms with Crippen LogP contribution in [-0.4, -0.2) is 30.6 Å². The highest BCUT2D eigenvalue weighted by Crippen LogP contribution is 2.34. The van der Waals surface area contributed by atoms with Gasteiger partial charge in [-0.1, -0.05) is 30.3 Å². The number of carbonyl (C=O) groups is 1. The molecule has 1 atom stereocenters. The number of nitrogens with one attached hydrogen (secondary N) is 1. The standard InChI is InChI=1S/C19H25N3O2S/c1-13-16(25-17(21-13)15-6-4-3-5-7-15)14(2)22-18(23)19(12-20)8-10-24-11-9-19/h3-7,14H,8-12,20H2,1-2H3,(H,22,23). The van der Waals surface area contributed by atoms with Gasteiger partial charge in [0.1, 0.15) is 5.01 Å². The van der Waals surface area contributed by atoms with Crippen molar-refractivity contribution in [1.82, 2.24) is 10.3 Å². The number of nitrogens with two attached hydrogens (primary N) is 1. The summed E-state index contributed by atoms with van der Waals surface area (Å²) in [6.07, 6.45) is 1.36. The molecule has 2 aromatic rings. The van der Waals surface area contributed by atoms with Crippen molar-refractivity contribution in [2.75, 3.05) is 19.8 Å². The molecule has 0 saturated carbocycles. The van der Waals surface area contributed by atoms with Crippen LogP contribution in [0.15, 0.2) is 30.3 Å². The van der Waals surface area contributed by atoms with Gasteiger partial charge < -0.3 is 15.8 Å². The van der Waals surface area contributed by atoms with Crippen molar-refractivity contribution in [2.24, 2.45) is 11.1 Å². The van der Waals surface area contributed by atoms with Gasteiger partial charge in [-0.2, -0.15) is 0 Å². The molecule has 6 heteroatoms. The van der Waals surface area contributed by atoms with E-state index >= 15 is 0 Å². The highest BCUT2D eigenvalue weighted by atomic mass is 32.1. The Morgan fingerprint density at radius 3 is 2.68 bits per heavy atom. The van der Waals surface area contributed by atoms with Gasteiger partial charge in [0.2, 0.25) is 5.91 Å². The average Bonchev–Trinajstić information content (AvgIpc) is 3.05. The summed E-state index contributed by atoms with van der Waals surface area (Å²) in [5, 5.41) is 4.14. The number of amides is 1. The molecule has 1 aliphatic rings. The molecule has 2 heterocycles. The fraction of sp³-hybridized carbons (Fsp3) is 0.474. The lowest BCUT2D eigenvalue weighted by molar-refractivity contribution is -0.136. The Morgan fingerprint density at radius 2 is 2.04 bits per heavy atom. The summed E-state index contributed by atoms with van der Waals surface area (Å²) in [6, 6.07) is 10.0. The number of rotatable bonds is 5. The summed E-state index contributed by atoms with van der Waals surface area (Å²) >= 11 is 1.63. The van der Waals surface area contributed by atoms with Gasteiger partial charge in [-0.3, -0.25) is 4.79 Å². The molecule has 0 spiro atoms. The third-order valence-electron chi connectivity index (χ3n) is 4.92. The number of ether oxygens (including phenoxy) is 1. The maximum absolute atomic E-state index is 12.9. The molecule has 3 rings (SSSR count). The molecule has 1 aromatic heterocycles. The van der Waals surface area contributed by atoms with E-state index in [2.05, 4.69) is 22.4 Å². The van der Waals surface area contributed by atoms with E-state index in [1.807, 2.05) is 32.0 Å². The SMILES string of the molecule is Cc1nc(-c2ccccc2)sc1C(C)NC(=O)C1(CN)CCOCC1. The lowest BCUT2D eigenvalue weighted by Crippen LogP contribution is -2.49. The number of aryl methyl sites for hydroxylation is 1. The first-order chi connectivity index (χ1) is 12.1. The van der Waals surface area contributed by atoms with Crippen LogP contribution in [0.3, 0.4) is 0 Å². The maximum Gasteiger partial charge on any atom is 0.228 e. The molecule has 3 N–H and O–H groups in total. The smallest absolute Gasteiger partial charge is 0.228 e. The van der Waals surface area contributed by atoms with Gasteiger partial charge in [0.15, 0.2) is 0 Å². The van der Waals surface area contributed by atoms with Crippen molar-refractivity contribution in [2.45, 2.75) is 32.7 Å². The number of aromatic nitrogens is 1. The van der Waals surface area contributed by atoms with Crippen molar-refractivity contribution in [3.05, 3.63) is 40.9 Å². The predicted molar refractivity (Wildman–Crippen MR) is 100 cm³/mol. The van der Waals surface area contributed by atoms with Crippen LogP contribution in [-0.2, 0) is 9.53 Å². The second-order valence-corrected chi connectivity index (χ2v) is 7.66. The Bertz CT molecular complexity index is 724. The van der Waals surface area contributed by atoms with Gasteiger partial charge in [0.25, 0.3) is 0 Å². The van der Waals surface area contributed by atoms with Gasteiger partial charge in [-0.25, -0.2) is 4.98 Å². The minimum absolute atomic E-state index is 0.0276. The van der Waals surface area contributed by atoms with E-state index < -0.39 is 5.41 Å². The van der Waals surface area contributed by atoms with Crippen LogP contribution < -0.4 is 11.1 Å². The van der Waals surface area contributed by atoms with E-state index in [0.717, 1.165) is 21.1 Å². The summed E-state index contributed by atoms with van der Waals surface area (Å²) in [5.41, 5.74) is 7.49. The number of benzene rings is 1. The number of hydrogen-bond donors (Lipinski definition) is 2. The highest BCUT2D eigenvalue weighted by molar-refractivity contribution is 7.15. The lowest BCUT2D eigenvalue weighted by Gasteiger charge is -2.35. The molecular weight excluding hydrogens is 334 g/mol. The third kappa shape index (κ3) is 3.76. The topological polar surface area (TPSA) is 77.2 Å². The number of carbonyl (C=O) groups excluding carboxylic acids is 1. The fourth-order valence-electron chi connectivity index (χ4n) is 3.22. The van der Waals surface area contributed by atoms with Crippen LogP contribution in [0, 0.1) is 12.3 Å². The van der Waals surface area contributed by atoms with Gasteiger partial charge >= 0.3 is 0 Å². The van der Waals surface area contributed by atoms with Crippen LogP contribution in [0.1, 0.15) is 36.4 Å². The first-order valence-corrected chi connectivity index (χ1v) is 9.49. The average molecular weight is 359 g/mol. The molecule has 1 saturated heterocycles. The molecule has 5 nitrogen and oxygen atoms in total. The Hall–Kier alpha value is -1.76. The number of hydrogen-bond acceptors (Lipinski definition) is 5. The first-order valence-electron chi connectivity index (χ1n) is 8.67. The Labute approximate surface area is 152 Å². The second kappa shape index (κ2) is 7.64. The van der Waals surface area contributed by atoms with Crippen molar-refractivity contribution in [3.63, 3.8) is 0 Å². The van der Waals surface area contributed by atoms with Crippen LogP contribution in [0.25, 0.3) is 10.6 Å². The van der Waals surface area contributed by atoms with Gasteiger partial charge in [0, 0.05) is 25.3 Å². The maximum atomic E-state index is 12.9. The van der Waals surface area contributed by atoms with Crippen molar-refractivity contribution < 1.29 is 9.53 Å². The normalized spacial score (nSPS) is 17.9. The second-order valence-electron chi connectivity index (χ2n) is 6.63. The summed E-state index contributed by atoms with van der Waals surface area (Å²) in [7, 11) is 0. The molecule has 1 aliphatic heterocycles. The number of nitrogens with zero attached hydrogens (tertiary/aromatic N) is 1. The van der Waals surface area contributed by atoms with E-state index in [-0.39, 0.29) is 11.9 Å². The van der Waals surface area contributed by atoms with E-state index in [1.165, 1.54) is 0 Å². The summed E-state index contributed by atoms with van der Waals surface area (Å²) in [4.78, 5) is 18.6. The zero-order valence-electron chi connectivity index (χ0n) is 14.7. The Kier molecular flexibility index (Phi) is 5.51. The van der Waals surface area contributed by atoms with E-state index in [9.17, 15) is 4.79 Å². The van der Waals surface area contributed by atoms with E-state index in [0.29, 0.717) is 32.6 Å². The molecule has 1 unspecified atom stereocenters. The minimum Gasteiger partial charge on any atom is -0.381 e. The van der Waals surface area contributed by atoms with Crippen LogP contribution >= 0.6 is 11.3 Å².